The summed E-state index contributed by atoms with van der Waals surface area (Å²) in [6.45, 7) is 2.71. The molecule has 4 aromatic rings. The maximum absolute atomic E-state index is 13.2. The van der Waals surface area contributed by atoms with Crippen LogP contribution in [0.25, 0.3) is 21.5 Å². The summed E-state index contributed by atoms with van der Waals surface area (Å²) < 4.78 is 5.85. The molecule has 7 heteroatoms. The van der Waals surface area contributed by atoms with E-state index in [1.807, 2.05) is 55.4 Å². The van der Waals surface area contributed by atoms with Crippen LogP contribution in [0.2, 0.25) is 0 Å². The van der Waals surface area contributed by atoms with Crippen molar-refractivity contribution >= 4 is 27.6 Å². The standard InChI is InChI=1S/C24H24N4O2S/c1-15(25-2)19-10-11-20(30-19)24(29)28-14-6-9-18(28)22-27-21-17(12-13-26-23(21)31-22)16-7-4-3-5-8-16/h3-5,7-8,10-13,15,18,25H,6,9,14H2,1-2H3/t15?,18-/m0/s1. The molecule has 1 amide bonds. The van der Waals surface area contributed by atoms with Gasteiger partial charge in [-0.1, -0.05) is 41.7 Å². The van der Waals surface area contributed by atoms with Gasteiger partial charge in [0.2, 0.25) is 0 Å². The molecule has 2 atom stereocenters. The molecule has 1 aliphatic rings. The van der Waals surface area contributed by atoms with Gasteiger partial charge in [0.1, 0.15) is 21.1 Å². The van der Waals surface area contributed by atoms with Crippen LogP contribution < -0.4 is 5.32 Å². The maximum atomic E-state index is 13.2. The number of hydrogen-bond acceptors (Lipinski definition) is 6. The quantitative estimate of drug-likeness (QED) is 0.469. The Morgan fingerprint density at radius 1 is 1.23 bits per heavy atom. The van der Waals surface area contributed by atoms with Gasteiger partial charge in [-0.3, -0.25) is 4.79 Å². The van der Waals surface area contributed by atoms with Gasteiger partial charge in [-0.25, -0.2) is 9.97 Å². The average molecular weight is 433 g/mol. The SMILES string of the molecule is CNC(C)c1ccc(C(=O)N2CCC[C@H]2c2nc3c(-c4ccccc4)ccnc3s2)o1. The lowest BCUT2D eigenvalue weighted by Gasteiger charge is -2.22. The fourth-order valence-electron chi connectivity index (χ4n) is 4.09. The second kappa shape index (κ2) is 8.24. The molecular weight excluding hydrogens is 408 g/mol. The van der Waals surface area contributed by atoms with E-state index in [1.165, 1.54) is 0 Å². The third kappa shape index (κ3) is 3.64. The molecule has 4 heterocycles. The molecule has 1 fully saturated rings. The summed E-state index contributed by atoms with van der Waals surface area (Å²) in [4.78, 5) is 25.5. The number of aromatic nitrogens is 2. The van der Waals surface area contributed by atoms with Crippen molar-refractivity contribution < 1.29 is 9.21 Å². The first-order valence-corrected chi connectivity index (χ1v) is 11.4. The van der Waals surface area contributed by atoms with E-state index in [-0.39, 0.29) is 18.0 Å². The van der Waals surface area contributed by atoms with Crippen LogP contribution in [0.5, 0.6) is 0 Å². The van der Waals surface area contributed by atoms with E-state index in [9.17, 15) is 4.79 Å². The van der Waals surface area contributed by atoms with E-state index >= 15 is 0 Å². The molecule has 1 saturated heterocycles. The lowest BCUT2D eigenvalue weighted by molar-refractivity contribution is 0.0700. The predicted octanol–water partition coefficient (Wildman–Crippen LogP) is 5.21. The Morgan fingerprint density at radius 3 is 2.87 bits per heavy atom. The third-order valence-electron chi connectivity index (χ3n) is 5.89. The minimum Gasteiger partial charge on any atom is -0.454 e. The second-order valence-corrected chi connectivity index (χ2v) is 8.81. The summed E-state index contributed by atoms with van der Waals surface area (Å²) in [7, 11) is 1.87. The lowest BCUT2D eigenvalue weighted by Crippen LogP contribution is -2.30. The Balaban J connectivity index is 1.47. The number of nitrogens with zero attached hydrogens (tertiary/aromatic N) is 3. The molecule has 0 aliphatic carbocycles. The molecular formula is C24H24N4O2S. The van der Waals surface area contributed by atoms with Crippen LogP contribution in [-0.2, 0) is 0 Å². The lowest BCUT2D eigenvalue weighted by atomic mass is 10.1. The molecule has 1 aromatic carbocycles. The van der Waals surface area contributed by atoms with Crippen molar-refractivity contribution in [2.75, 3.05) is 13.6 Å². The number of furan rings is 1. The second-order valence-electron chi connectivity index (χ2n) is 7.80. The highest BCUT2D eigenvalue weighted by Crippen LogP contribution is 2.39. The highest BCUT2D eigenvalue weighted by Gasteiger charge is 2.34. The largest absolute Gasteiger partial charge is 0.454 e. The predicted molar refractivity (Wildman–Crippen MR) is 122 cm³/mol. The normalized spacial score (nSPS) is 17.4. The van der Waals surface area contributed by atoms with E-state index in [2.05, 4.69) is 22.4 Å². The Kier molecular flexibility index (Phi) is 5.29. The van der Waals surface area contributed by atoms with E-state index < -0.39 is 0 Å². The van der Waals surface area contributed by atoms with E-state index in [0.717, 1.165) is 45.1 Å². The summed E-state index contributed by atoms with van der Waals surface area (Å²) in [5.74, 6) is 1.07. The zero-order valence-electron chi connectivity index (χ0n) is 17.5. The number of fused-ring (bicyclic) bond motifs is 1. The van der Waals surface area contributed by atoms with Crippen molar-refractivity contribution in [1.29, 1.82) is 0 Å². The Labute approximate surface area is 184 Å². The summed E-state index contributed by atoms with van der Waals surface area (Å²) in [6.07, 6.45) is 3.68. The number of amides is 1. The number of carbonyl (C=O) groups is 1. The molecule has 0 saturated carbocycles. The topological polar surface area (TPSA) is 71.3 Å². The van der Waals surface area contributed by atoms with Crippen molar-refractivity contribution in [1.82, 2.24) is 20.2 Å². The van der Waals surface area contributed by atoms with Crippen molar-refractivity contribution in [3.05, 3.63) is 71.3 Å². The summed E-state index contributed by atoms with van der Waals surface area (Å²) in [5, 5.41) is 4.07. The van der Waals surface area contributed by atoms with Crippen LogP contribution in [0.1, 0.15) is 53.2 Å². The molecule has 158 valence electrons. The van der Waals surface area contributed by atoms with Crippen molar-refractivity contribution in [3.63, 3.8) is 0 Å². The average Bonchev–Trinajstić information content (AvgIpc) is 3.57. The van der Waals surface area contributed by atoms with Crippen LogP contribution in [0, 0.1) is 0 Å². The number of benzene rings is 1. The number of thiazole rings is 1. The van der Waals surface area contributed by atoms with Gasteiger partial charge in [-0.2, -0.15) is 0 Å². The van der Waals surface area contributed by atoms with Crippen LogP contribution in [-0.4, -0.2) is 34.4 Å². The van der Waals surface area contributed by atoms with Gasteiger partial charge in [0.25, 0.3) is 5.91 Å². The van der Waals surface area contributed by atoms with E-state index in [0.29, 0.717) is 12.3 Å². The van der Waals surface area contributed by atoms with Gasteiger partial charge in [-0.15, -0.1) is 0 Å². The van der Waals surface area contributed by atoms with Gasteiger partial charge in [0, 0.05) is 18.3 Å². The minimum absolute atomic E-state index is 0.0504. The molecule has 6 nitrogen and oxygen atoms in total. The summed E-state index contributed by atoms with van der Waals surface area (Å²) in [6, 6.07) is 15.9. The number of hydrogen-bond donors (Lipinski definition) is 1. The molecule has 0 radical (unpaired) electrons. The Hall–Kier alpha value is -3.03. The summed E-state index contributed by atoms with van der Waals surface area (Å²) in [5.41, 5.74) is 3.09. The first kappa shape index (κ1) is 19.9. The van der Waals surface area contributed by atoms with Gasteiger partial charge in [0.15, 0.2) is 5.76 Å². The number of rotatable bonds is 5. The molecule has 1 unspecified atom stereocenters. The Bertz CT molecular complexity index is 1220. The first-order valence-electron chi connectivity index (χ1n) is 10.5. The monoisotopic (exact) mass is 432 g/mol. The van der Waals surface area contributed by atoms with Gasteiger partial charge in [0.05, 0.1) is 12.1 Å². The highest BCUT2D eigenvalue weighted by atomic mass is 32.1. The minimum atomic E-state index is -0.0763. The van der Waals surface area contributed by atoms with Crippen LogP contribution in [0.3, 0.4) is 0 Å². The zero-order valence-corrected chi connectivity index (χ0v) is 18.4. The fraction of sp³-hybridized carbons (Fsp3) is 0.292. The van der Waals surface area contributed by atoms with Gasteiger partial charge in [-0.05, 0) is 50.6 Å². The molecule has 5 rings (SSSR count). The number of pyridine rings is 1. The molecule has 0 bridgehead atoms. The first-order chi connectivity index (χ1) is 15.2. The van der Waals surface area contributed by atoms with E-state index in [1.54, 1.807) is 17.4 Å². The highest BCUT2D eigenvalue weighted by molar-refractivity contribution is 7.18. The zero-order chi connectivity index (χ0) is 21.4. The fourth-order valence-corrected chi connectivity index (χ4v) is 5.18. The molecule has 1 N–H and O–H groups in total. The molecule has 3 aromatic heterocycles. The summed E-state index contributed by atoms with van der Waals surface area (Å²) >= 11 is 1.58. The number of carbonyl (C=O) groups excluding carboxylic acids is 1. The van der Waals surface area contributed by atoms with Crippen molar-refractivity contribution in [2.45, 2.75) is 31.8 Å². The Morgan fingerprint density at radius 2 is 2.06 bits per heavy atom. The number of nitrogens with one attached hydrogen (secondary N) is 1. The van der Waals surface area contributed by atoms with Crippen LogP contribution in [0.15, 0.2) is 59.1 Å². The maximum Gasteiger partial charge on any atom is 0.290 e. The van der Waals surface area contributed by atoms with Crippen LogP contribution >= 0.6 is 11.3 Å². The van der Waals surface area contributed by atoms with Crippen molar-refractivity contribution in [3.8, 4) is 11.1 Å². The third-order valence-corrected chi connectivity index (χ3v) is 6.96. The molecule has 0 spiro atoms. The van der Waals surface area contributed by atoms with Gasteiger partial charge < -0.3 is 14.6 Å². The van der Waals surface area contributed by atoms with Gasteiger partial charge >= 0.3 is 0 Å². The number of likely N-dealkylation sites (tertiary alicyclic amines) is 1. The van der Waals surface area contributed by atoms with Crippen LogP contribution in [0.4, 0.5) is 0 Å². The smallest absolute Gasteiger partial charge is 0.290 e. The molecule has 1 aliphatic heterocycles. The van der Waals surface area contributed by atoms with E-state index in [4.69, 9.17) is 9.40 Å². The van der Waals surface area contributed by atoms with Crippen molar-refractivity contribution in [2.24, 2.45) is 0 Å². The molecule has 31 heavy (non-hydrogen) atoms.